The van der Waals surface area contributed by atoms with Crippen molar-refractivity contribution in [3.05, 3.63) is 23.2 Å². The van der Waals surface area contributed by atoms with Crippen molar-refractivity contribution in [1.29, 1.82) is 0 Å². The monoisotopic (exact) mass is 292 g/mol. The lowest BCUT2D eigenvalue weighted by atomic mass is 9.98. The fourth-order valence-corrected chi connectivity index (χ4v) is 3.25. The van der Waals surface area contributed by atoms with Gasteiger partial charge in [0.2, 0.25) is 0 Å². The predicted molar refractivity (Wildman–Crippen MR) is 88.4 cm³/mol. The van der Waals surface area contributed by atoms with Crippen molar-refractivity contribution < 1.29 is 4.42 Å². The molecule has 1 atom stereocenters. The van der Waals surface area contributed by atoms with Gasteiger partial charge in [-0.1, -0.05) is 20.3 Å². The standard InChI is InChI=1S/C18H32N2O/c1-4-9-19-13-18-12-17(15(3)21-18)14-20-10-6-7-16(5-2)8-11-20/h12,16,19H,4-11,13-14H2,1-3H3. The molecule has 0 aliphatic carbocycles. The average Bonchev–Trinajstić information content (AvgIpc) is 2.69. The number of rotatable bonds is 7. The summed E-state index contributed by atoms with van der Waals surface area (Å²) in [6, 6.07) is 2.25. The second-order valence-corrected chi connectivity index (χ2v) is 6.45. The van der Waals surface area contributed by atoms with Gasteiger partial charge in [0.1, 0.15) is 11.5 Å². The van der Waals surface area contributed by atoms with E-state index >= 15 is 0 Å². The number of furan rings is 1. The molecule has 21 heavy (non-hydrogen) atoms. The zero-order valence-corrected chi connectivity index (χ0v) is 14.1. The summed E-state index contributed by atoms with van der Waals surface area (Å²) in [5.74, 6) is 3.12. The van der Waals surface area contributed by atoms with Gasteiger partial charge in [-0.3, -0.25) is 4.90 Å². The van der Waals surface area contributed by atoms with Gasteiger partial charge >= 0.3 is 0 Å². The second kappa shape index (κ2) is 8.60. The molecular weight excluding hydrogens is 260 g/mol. The van der Waals surface area contributed by atoms with Crippen molar-refractivity contribution in [3.63, 3.8) is 0 Å². The van der Waals surface area contributed by atoms with Crippen molar-refractivity contribution in [2.24, 2.45) is 5.92 Å². The number of hydrogen-bond donors (Lipinski definition) is 1. The molecule has 1 N–H and O–H groups in total. The molecule has 3 heteroatoms. The van der Waals surface area contributed by atoms with Gasteiger partial charge in [0, 0.05) is 12.1 Å². The Morgan fingerprint density at radius 1 is 1.29 bits per heavy atom. The van der Waals surface area contributed by atoms with E-state index in [1.54, 1.807) is 0 Å². The summed E-state index contributed by atoms with van der Waals surface area (Å²) in [7, 11) is 0. The summed E-state index contributed by atoms with van der Waals surface area (Å²) in [5.41, 5.74) is 1.37. The van der Waals surface area contributed by atoms with Crippen LogP contribution in [0.2, 0.25) is 0 Å². The molecule has 0 radical (unpaired) electrons. The SMILES string of the molecule is CCCNCc1cc(CN2CCCC(CC)CC2)c(C)o1. The van der Waals surface area contributed by atoms with Gasteiger partial charge < -0.3 is 9.73 Å². The Hall–Kier alpha value is -0.800. The topological polar surface area (TPSA) is 28.4 Å². The average molecular weight is 292 g/mol. The maximum atomic E-state index is 5.89. The molecule has 1 unspecified atom stereocenters. The number of likely N-dealkylation sites (tertiary alicyclic amines) is 1. The van der Waals surface area contributed by atoms with E-state index in [2.05, 4.69) is 37.1 Å². The molecule has 1 fully saturated rings. The van der Waals surface area contributed by atoms with E-state index in [-0.39, 0.29) is 0 Å². The molecule has 2 rings (SSSR count). The quantitative estimate of drug-likeness (QED) is 0.767. The van der Waals surface area contributed by atoms with Gasteiger partial charge in [0.25, 0.3) is 0 Å². The van der Waals surface area contributed by atoms with E-state index in [1.807, 2.05) is 0 Å². The predicted octanol–water partition coefficient (Wildman–Crippen LogP) is 4.10. The zero-order chi connectivity index (χ0) is 15.1. The van der Waals surface area contributed by atoms with Crippen LogP contribution in [-0.4, -0.2) is 24.5 Å². The highest BCUT2D eigenvalue weighted by Gasteiger charge is 2.17. The molecule has 1 aliphatic rings. The zero-order valence-electron chi connectivity index (χ0n) is 14.1. The summed E-state index contributed by atoms with van der Waals surface area (Å²) in [6.45, 7) is 12.1. The fourth-order valence-electron chi connectivity index (χ4n) is 3.25. The van der Waals surface area contributed by atoms with Crippen LogP contribution < -0.4 is 5.32 Å². The summed E-state index contributed by atoms with van der Waals surface area (Å²) in [5, 5.41) is 3.41. The van der Waals surface area contributed by atoms with Crippen LogP contribution in [-0.2, 0) is 13.1 Å². The smallest absolute Gasteiger partial charge is 0.118 e. The van der Waals surface area contributed by atoms with Crippen LogP contribution >= 0.6 is 0 Å². The molecule has 0 saturated carbocycles. The molecule has 0 spiro atoms. The van der Waals surface area contributed by atoms with Gasteiger partial charge in [-0.25, -0.2) is 0 Å². The molecule has 1 aromatic rings. The van der Waals surface area contributed by atoms with Gasteiger partial charge in [0.05, 0.1) is 6.54 Å². The van der Waals surface area contributed by atoms with Gasteiger partial charge in [-0.05, 0) is 64.2 Å². The van der Waals surface area contributed by atoms with Crippen molar-refractivity contribution in [1.82, 2.24) is 10.2 Å². The van der Waals surface area contributed by atoms with Crippen LogP contribution in [0.4, 0.5) is 0 Å². The van der Waals surface area contributed by atoms with Crippen molar-refractivity contribution in [2.75, 3.05) is 19.6 Å². The lowest BCUT2D eigenvalue weighted by Gasteiger charge is -2.19. The maximum absolute atomic E-state index is 5.89. The maximum Gasteiger partial charge on any atom is 0.118 e. The van der Waals surface area contributed by atoms with Crippen LogP contribution in [0.5, 0.6) is 0 Å². The largest absolute Gasteiger partial charge is 0.465 e. The lowest BCUT2D eigenvalue weighted by molar-refractivity contribution is 0.270. The first kappa shape index (κ1) is 16.6. The fraction of sp³-hybridized carbons (Fsp3) is 0.778. The molecule has 0 bridgehead atoms. The molecular formula is C18H32N2O. The summed E-state index contributed by atoms with van der Waals surface area (Å²) >= 11 is 0. The Labute approximate surface area is 130 Å². The number of aryl methyl sites for hydroxylation is 1. The van der Waals surface area contributed by atoms with E-state index < -0.39 is 0 Å². The Morgan fingerprint density at radius 3 is 2.90 bits per heavy atom. The summed E-state index contributed by atoms with van der Waals surface area (Å²) < 4.78 is 5.89. The van der Waals surface area contributed by atoms with Crippen LogP contribution in [0.15, 0.2) is 10.5 Å². The minimum atomic E-state index is 0.854. The minimum absolute atomic E-state index is 0.854. The van der Waals surface area contributed by atoms with Gasteiger partial charge in [-0.15, -0.1) is 0 Å². The van der Waals surface area contributed by atoms with Crippen LogP contribution in [0.1, 0.15) is 63.0 Å². The molecule has 1 aromatic heterocycles. The van der Waals surface area contributed by atoms with E-state index in [4.69, 9.17) is 4.42 Å². The van der Waals surface area contributed by atoms with Gasteiger partial charge in [0.15, 0.2) is 0 Å². The van der Waals surface area contributed by atoms with E-state index in [1.165, 1.54) is 50.8 Å². The highest BCUT2D eigenvalue weighted by molar-refractivity contribution is 5.20. The van der Waals surface area contributed by atoms with Crippen LogP contribution in [0.25, 0.3) is 0 Å². The second-order valence-electron chi connectivity index (χ2n) is 6.45. The number of nitrogens with zero attached hydrogens (tertiary/aromatic N) is 1. The van der Waals surface area contributed by atoms with E-state index in [0.29, 0.717) is 0 Å². The first-order valence-electron chi connectivity index (χ1n) is 8.74. The Morgan fingerprint density at radius 2 is 2.14 bits per heavy atom. The Bertz CT molecular complexity index is 413. The highest BCUT2D eigenvalue weighted by Crippen LogP contribution is 2.23. The van der Waals surface area contributed by atoms with Crippen LogP contribution in [0.3, 0.4) is 0 Å². The number of nitrogens with one attached hydrogen (secondary N) is 1. The Kier molecular flexibility index (Phi) is 6.78. The molecule has 0 amide bonds. The third-order valence-electron chi connectivity index (χ3n) is 4.71. The van der Waals surface area contributed by atoms with Gasteiger partial charge in [-0.2, -0.15) is 0 Å². The molecule has 0 aromatic carbocycles. The van der Waals surface area contributed by atoms with Crippen molar-refractivity contribution in [3.8, 4) is 0 Å². The first-order valence-corrected chi connectivity index (χ1v) is 8.74. The highest BCUT2D eigenvalue weighted by atomic mass is 16.3. The van der Waals surface area contributed by atoms with Crippen LogP contribution in [0, 0.1) is 12.8 Å². The van der Waals surface area contributed by atoms with Crippen molar-refractivity contribution >= 4 is 0 Å². The lowest BCUT2D eigenvalue weighted by Crippen LogP contribution is -2.24. The molecule has 2 heterocycles. The third kappa shape index (κ3) is 5.15. The van der Waals surface area contributed by atoms with E-state index in [0.717, 1.165) is 37.1 Å². The Balaban J connectivity index is 1.87. The molecule has 1 saturated heterocycles. The molecule has 3 nitrogen and oxygen atoms in total. The van der Waals surface area contributed by atoms with E-state index in [9.17, 15) is 0 Å². The third-order valence-corrected chi connectivity index (χ3v) is 4.71. The molecule has 120 valence electrons. The number of hydrogen-bond acceptors (Lipinski definition) is 3. The minimum Gasteiger partial charge on any atom is -0.465 e. The molecule has 1 aliphatic heterocycles. The normalized spacial score (nSPS) is 20.6. The first-order chi connectivity index (χ1) is 10.2. The summed E-state index contributed by atoms with van der Waals surface area (Å²) in [4.78, 5) is 2.61. The summed E-state index contributed by atoms with van der Waals surface area (Å²) in [6.07, 6.45) is 6.62. The van der Waals surface area contributed by atoms with Crippen molar-refractivity contribution in [2.45, 2.75) is 66.0 Å².